The van der Waals surface area contributed by atoms with E-state index in [0.717, 1.165) is 48.3 Å². The van der Waals surface area contributed by atoms with Gasteiger partial charge in [0.1, 0.15) is 11.6 Å². The van der Waals surface area contributed by atoms with Crippen molar-refractivity contribution in [2.24, 2.45) is 12.0 Å². The van der Waals surface area contributed by atoms with E-state index in [0.29, 0.717) is 13.1 Å². The summed E-state index contributed by atoms with van der Waals surface area (Å²) in [5.74, 6) is 3.37. The van der Waals surface area contributed by atoms with Crippen molar-refractivity contribution in [1.29, 1.82) is 0 Å². The van der Waals surface area contributed by atoms with Crippen molar-refractivity contribution in [1.82, 2.24) is 25.4 Å². The van der Waals surface area contributed by atoms with Crippen LogP contribution in [-0.2, 0) is 26.6 Å². The molecule has 1 heterocycles. The number of ether oxygens (including phenoxy) is 1. The maximum atomic E-state index is 5.22. The largest absolute Gasteiger partial charge is 0.497 e. The van der Waals surface area contributed by atoms with Gasteiger partial charge in [-0.1, -0.05) is 42.5 Å². The molecule has 0 aliphatic rings. The molecule has 0 saturated heterocycles. The van der Waals surface area contributed by atoms with Crippen LogP contribution in [0.5, 0.6) is 5.75 Å². The van der Waals surface area contributed by atoms with Gasteiger partial charge in [-0.15, -0.1) is 34.2 Å². The summed E-state index contributed by atoms with van der Waals surface area (Å²) in [4.78, 5) is 4.74. The second kappa shape index (κ2) is 12.9. The minimum Gasteiger partial charge on any atom is -0.497 e. The number of aromatic nitrogens is 3. The lowest BCUT2D eigenvalue weighted by Gasteiger charge is -2.13. The van der Waals surface area contributed by atoms with Crippen molar-refractivity contribution >= 4 is 29.9 Å². The first-order valence-electron chi connectivity index (χ1n) is 10.2. The van der Waals surface area contributed by atoms with Crippen LogP contribution >= 0.6 is 24.0 Å². The van der Waals surface area contributed by atoms with E-state index < -0.39 is 0 Å². The van der Waals surface area contributed by atoms with Crippen LogP contribution in [0.25, 0.3) is 0 Å². The Bertz CT molecular complexity index is 940. The number of nitrogens with one attached hydrogen (secondary N) is 2. The topological polar surface area (TPSA) is 76.4 Å². The lowest BCUT2D eigenvalue weighted by molar-refractivity contribution is 0.414. The summed E-state index contributed by atoms with van der Waals surface area (Å²) in [5.41, 5.74) is 2.47. The van der Waals surface area contributed by atoms with E-state index >= 15 is 0 Å². The molecular formula is C23H31IN6O. The van der Waals surface area contributed by atoms with Crippen LogP contribution in [0.1, 0.15) is 29.2 Å². The number of hydrogen-bond donors (Lipinski definition) is 2. The van der Waals surface area contributed by atoms with E-state index in [1.807, 2.05) is 48.9 Å². The normalized spacial score (nSPS) is 11.0. The number of aryl methyl sites for hydroxylation is 2. The van der Waals surface area contributed by atoms with Gasteiger partial charge in [0.25, 0.3) is 0 Å². The summed E-state index contributed by atoms with van der Waals surface area (Å²) in [6.45, 7) is 3.92. The van der Waals surface area contributed by atoms with Crippen LogP contribution in [0.4, 0.5) is 0 Å². The van der Waals surface area contributed by atoms with Crippen LogP contribution in [-0.4, -0.2) is 34.4 Å². The Balaban J connectivity index is 0.00000341. The van der Waals surface area contributed by atoms with Crippen molar-refractivity contribution < 1.29 is 4.74 Å². The first-order chi connectivity index (χ1) is 14.7. The number of nitrogens with zero attached hydrogens (tertiary/aromatic N) is 4. The SMILES string of the molecule is COc1ccc(CN=C(NCCCc2ccccc2)NCc2nnc(C)n2C)cc1.I. The highest BCUT2D eigenvalue weighted by Crippen LogP contribution is 2.12. The molecule has 166 valence electrons. The number of rotatable bonds is 9. The van der Waals surface area contributed by atoms with Crippen LogP contribution < -0.4 is 15.4 Å². The molecule has 31 heavy (non-hydrogen) atoms. The quantitative estimate of drug-likeness (QED) is 0.190. The molecule has 8 heteroatoms. The standard InChI is InChI=1S/C23H30N6O.HI/c1-18-27-28-22(29(18)2)17-26-23(24-15-7-10-19-8-5-4-6-9-19)25-16-20-11-13-21(30-3)14-12-20;/h4-6,8-9,11-14H,7,10,15-17H2,1-3H3,(H2,24,25,26);1H. The molecule has 3 aromatic rings. The van der Waals surface area contributed by atoms with Crippen molar-refractivity contribution in [2.45, 2.75) is 32.9 Å². The Hall–Kier alpha value is -2.62. The summed E-state index contributed by atoms with van der Waals surface area (Å²) < 4.78 is 7.20. The van der Waals surface area contributed by atoms with Gasteiger partial charge in [0.05, 0.1) is 20.2 Å². The highest BCUT2D eigenvalue weighted by atomic mass is 127. The van der Waals surface area contributed by atoms with Crippen molar-refractivity contribution in [3.8, 4) is 5.75 Å². The number of guanidine groups is 1. The molecular weight excluding hydrogens is 503 g/mol. The Morgan fingerprint density at radius 1 is 1.00 bits per heavy atom. The fourth-order valence-corrected chi connectivity index (χ4v) is 2.99. The van der Waals surface area contributed by atoms with E-state index in [4.69, 9.17) is 9.73 Å². The number of benzene rings is 2. The Labute approximate surface area is 201 Å². The van der Waals surface area contributed by atoms with E-state index in [1.54, 1.807) is 7.11 Å². The molecule has 0 aliphatic heterocycles. The molecule has 0 spiro atoms. The second-order valence-corrected chi connectivity index (χ2v) is 7.10. The lowest BCUT2D eigenvalue weighted by Crippen LogP contribution is -2.38. The third-order valence-corrected chi connectivity index (χ3v) is 4.95. The van der Waals surface area contributed by atoms with Crippen molar-refractivity contribution in [3.63, 3.8) is 0 Å². The summed E-state index contributed by atoms with van der Waals surface area (Å²) >= 11 is 0. The zero-order valence-electron chi connectivity index (χ0n) is 18.3. The molecule has 0 bridgehead atoms. The van der Waals surface area contributed by atoms with Gasteiger partial charge in [0.15, 0.2) is 11.8 Å². The van der Waals surface area contributed by atoms with Gasteiger partial charge < -0.3 is 19.9 Å². The Kier molecular flexibility index (Phi) is 10.3. The minimum absolute atomic E-state index is 0. The summed E-state index contributed by atoms with van der Waals surface area (Å²) in [7, 11) is 3.64. The van der Waals surface area contributed by atoms with Gasteiger partial charge >= 0.3 is 0 Å². The van der Waals surface area contributed by atoms with Crippen LogP contribution in [0.2, 0.25) is 0 Å². The van der Waals surface area contributed by atoms with Gasteiger partial charge in [-0.25, -0.2) is 4.99 Å². The lowest BCUT2D eigenvalue weighted by atomic mass is 10.1. The first-order valence-corrected chi connectivity index (χ1v) is 10.2. The summed E-state index contributed by atoms with van der Waals surface area (Å²) in [6, 6.07) is 18.5. The predicted octanol–water partition coefficient (Wildman–Crippen LogP) is 3.62. The minimum atomic E-state index is 0. The molecule has 1 aromatic heterocycles. The predicted molar refractivity (Wildman–Crippen MR) is 135 cm³/mol. The highest BCUT2D eigenvalue weighted by Gasteiger charge is 2.06. The third-order valence-electron chi connectivity index (χ3n) is 4.95. The molecule has 0 fully saturated rings. The molecule has 0 unspecified atom stereocenters. The van der Waals surface area contributed by atoms with Crippen molar-refractivity contribution in [3.05, 3.63) is 77.4 Å². The Morgan fingerprint density at radius 2 is 1.74 bits per heavy atom. The number of aliphatic imine (C=N–C) groups is 1. The van der Waals surface area contributed by atoms with Crippen LogP contribution in [0, 0.1) is 6.92 Å². The monoisotopic (exact) mass is 534 g/mol. The van der Waals surface area contributed by atoms with Gasteiger partial charge in [0.2, 0.25) is 0 Å². The fraction of sp³-hybridized carbons (Fsp3) is 0.348. The maximum absolute atomic E-state index is 5.22. The molecule has 0 amide bonds. The zero-order valence-corrected chi connectivity index (χ0v) is 20.7. The number of halogens is 1. The van der Waals surface area contributed by atoms with Gasteiger partial charge in [-0.3, -0.25) is 0 Å². The van der Waals surface area contributed by atoms with E-state index in [9.17, 15) is 0 Å². The van der Waals surface area contributed by atoms with Gasteiger partial charge in [-0.2, -0.15) is 0 Å². The van der Waals surface area contributed by atoms with Crippen molar-refractivity contribution in [2.75, 3.05) is 13.7 Å². The molecule has 3 rings (SSSR count). The van der Waals surface area contributed by atoms with E-state index in [2.05, 4.69) is 45.1 Å². The highest BCUT2D eigenvalue weighted by molar-refractivity contribution is 14.0. The van der Waals surface area contributed by atoms with Crippen LogP contribution in [0.3, 0.4) is 0 Å². The van der Waals surface area contributed by atoms with E-state index in [-0.39, 0.29) is 24.0 Å². The molecule has 7 nitrogen and oxygen atoms in total. The number of methoxy groups -OCH3 is 1. The maximum Gasteiger partial charge on any atom is 0.191 e. The average molecular weight is 534 g/mol. The van der Waals surface area contributed by atoms with Crippen LogP contribution in [0.15, 0.2) is 59.6 Å². The second-order valence-electron chi connectivity index (χ2n) is 7.10. The summed E-state index contributed by atoms with van der Waals surface area (Å²) in [5, 5.41) is 15.1. The first kappa shape index (κ1) is 24.6. The Morgan fingerprint density at radius 3 is 2.39 bits per heavy atom. The molecule has 2 aromatic carbocycles. The molecule has 2 N–H and O–H groups in total. The van der Waals surface area contributed by atoms with E-state index in [1.165, 1.54) is 5.56 Å². The number of hydrogen-bond acceptors (Lipinski definition) is 4. The summed E-state index contributed by atoms with van der Waals surface area (Å²) in [6.07, 6.45) is 2.05. The third kappa shape index (κ3) is 7.86. The molecule has 0 atom stereocenters. The van der Waals surface area contributed by atoms with Gasteiger partial charge in [0, 0.05) is 13.6 Å². The molecule has 0 radical (unpaired) electrons. The molecule has 0 aliphatic carbocycles. The fourth-order valence-electron chi connectivity index (χ4n) is 2.99. The van der Waals surface area contributed by atoms with Gasteiger partial charge in [-0.05, 0) is 43.0 Å². The molecule has 0 saturated carbocycles. The zero-order chi connectivity index (χ0) is 21.2. The smallest absolute Gasteiger partial charge is 0.191 e. The average Bonchev–Trinajstić information content (AvgIpc) is 3.11.